The second-order valence-corrected chi connectivity index (χ2v) is 14.2. The normalized spacial score (nSPS) is 37.7. The van der Waals surface area contributed by atoms with E-state index in [1.54, 1.807) is 6.92 Å². The first-order chi connectivity index (χ1) is 12.0. The fraction of sp³-hybridized carbons (Fsp3) is 0.889. The molecular formula is C18H31NO6Si. The van der Waals surface area contributed by atoms with Gasteiger partial charge in [0, 0.05) is 16.0 Å². The predicted molar refractivity (Wildman–Crippen MR) is 97.5 cm³/mol. The third-order valence-electron chi connectivity index (χ3n) is 5.65. The number of fused-ring (bicyclic) bond motifs is 2. The molecule has 4 unspecified atom stereocenters. The minimum Gasteiger partial charge on any atom is -0.466 e. The highest BCUT2D eigenvalue weighted by atomic mass is 28.4. The van der Waals surface area contributed by atoms with Crippen LogP contribution in [0.3, 0.4) is 0 Å². The van der Waals surface area contributed by atoms with E-state index in [-0.39, 0.29) is 34.2 Å². The van der Waals surface area contributed by atoms with E-state index in [1.807, 2.05) is 0 Å². The van der Waals surface area contributed by atoms with Crippen LogP contribution < -0.4 is 0 Å². The van der Waals surface area contributed by atoms with E-state index in [9.17, 15) is 10.0 Å². The third-order valence-corrected chi connectivity index (χ3v) is 10.8. The lowest BCUT2D eigenvalue weighted by molar-refractivity contribution is -0.147. The number of esters is 1. The quantitative estimate of drug-likeness (QED) is 0.340. The number of ether oxygens (including phenoxy) is 2. The molecule has 0 radical (unpaired) electrons. The maximum absolute atomic E-state index is 12.2. The molecule has 3 aliphatic rings. The molecule has 0 bridgehead atoms. The van der Waals surface area contributed by atoms with Crippen LogP contribution in [0.1, 0.15) is 48.5 Å². The molecule has 5 atom stereocenters. The summed E-state index contributed by atoms with van der Waals surface area (Å²) in [7, 11) is -2.72. The predicted octanol–water partition coefficient (Wildman–Crippen LogP) is 2.85. The van der Waals surface area contributed by atoms with Crippen LogP contribution in [0, 0.1) is 11.8 Å². The first-order valence-corrected chi connectivity index (χ1v) is 11.2. The van der Waals surface area contributed by atoms with Gasteiger partial charge in [0.2, 0.25) is 0 Å². The Hall–Kier alpha value is -0.963. The molecule has 3 rings (SSSR count). The van der Waals surface area contributed by atoms with Crippen LogP contribution in [0.5, 0.6) is 0 Å². The van der Waals surface area contributed by atoms with Crippen molar-refractivity contribution in [2.24, 2.45) is 17.0 Å². The summed E-state index contributed by atoms with van der Waals surface area (Å²) in [5.41, 5.74) is 0.498. The van der Waals surface area contributed by atoms with Crippen molar-refractivity contribution in [1.29, 1.82) is 0 Å². The Morgan fingerprint density at radius 2 is 1.88 bits per heavy atom. The van der Waals surface area contributed by atoms with Gasteiger partial charge < -0.3 is 23.5 Å². The zero-order valence-corrected chi connectivity index (χ0v) is 17.7. The largest absolute Gasteiger partial charge is 0.466 e. The summed E-state index contributed by atoms with van der Waals surface area (Å²) in [6, 6.07) is 0. The Kier molecular flexibility index (Phi) is 4.79. The van der Waals surface area contributed by atoms with Gasteiger partial charge in [0.05, 0.1) is 30.9 Å². The van der Waals surface area contributed by atoms with Crippen molar-refractivity contribution in [2.45, 2.75) is 76.9 Å². The fourth-order valence-electron chi connectivity index (χ4n) is 4.69. The second-order valence-electron chi connectivity index (χ2n) is 9.43. The van der Waals surface area contributed by atoms with Crippen molar-refractivity contribution in [2.75, 3.05) is 13.2 Å². The average molecular weight is 386 g/mol. The molecule has 1 saturated carbocycles. The molecule has 0 spiro atoms. The molecule has 26 heavy (non-hydrogen) atoms. The minimum atomic E-state index is -2.72. The zero-order valence-electron chi connectivity index (χ0n) is 16.7. The van der Waals surface area contributed by atoms with E-state index in [0.717, 1.165) is 0 Å². The Morgan fingerprint density at radius 3 is 2.38 bits per heavy atom. The maximum atomic E-state index is 12.2. The summed E-state index contributed by atoms with van der Waals surface area (Å²) < 4.78 is 24.3. The van der Waals surface area contributed by atoms with Gasteiger partial charge in [0.15, 0.2) is 0 Å². The van der Waals surface area contributed by atoms with E-state index in [1.165, 1.54) is 0 Å². The first kappa shape index (κ1) is 19.8. The van der Waals surface area contributed by atoms with Crippen LogP contribution in [-0.4, -0.2) is 57.0 Å². The Bertz CT molecular complexity index is 594. The molecule has 0 amide bonds. The molecule has 3 fully saturated rings. The highest BCUT2D eigenvalue weighted by Crippen LogP contribution is 2.57. The molecule has 8 heteroatoms. The van der Waals surface area contributed by atoms with Crippen LogP contribution in [0.15, 0.2) is 5.16 Å². The van der Waals surface area contributed by atoms with Gasteiger partial charge in [0.25, 0.3) is 0 Å². The lowest BCUT2D eigenvalue weighted by Crippen LogP contribution is -2.67. The van der Waals surface area contributed by atoms with Gasteiger partial charge in [-0.2, -0.15) is 0 Å². The van der Waals surface area contributed by atoms with E-state index in [0.29, 0.717) is 18.9 Å². The van der Waals surface area contributed by atoms with Gasteiger partial charge in [-0.15, -0.1) is 0 Å². The standard InChI is InChI=1S/C18H31NO6Si/c1-8-22-16(20)12-11-13(19-21)14-10(24-15(11)12)9-23-26(25-14,17(2,3)4)18(5,6)7/h10-12,14-15,21H,8-9H2,1-7H3/b19-13-/t10?,11?,12-,14?,15?/m0/s1. The number of nitrogens with zero attached hydrogens (tertiary/aromatic N) is 1. The molecule has 2 saturated heterocycles. The van der Waals surface area contributed by atoms with Crippen LogP contribution >= 0.6 is 0 Å². The molecule has 0 aromatic heterocycles. The number of oxime groups is 1. The van der Waals surface area contributed by atoms with Crippen molar-refractivity contribution >= 4 is 20.2 Å². The van der Waals surface area contributed by atoms with E-state index in [4.69, 9.17) is 18.3 Å². The molecule has 0 aromatic rings. The minimum absolute atomic E-state index is 0.183. The molecule has 1 N–H and O–H groups in total. The molecule has 1 aliphatic carbocycles. The molecule has 148 valence electrons. The van der Waals surface area contributed by atoms with Crippen LogP contribution in [0.25, 0.3) is 0 Å². The molecular weight excluding hydrogens is 354 g/mol. The molecule has 2 heterocycles. The Morgan fingerprint density at radius 1 is 1.27 bits per heavy atom. The molecule has 0 aromatic carbocycles. The van der Waals surface area contributed by atoms with Crippen LogP contribution in [0.2, 0.25) is 10.1 Å². The Labute approximate surface area is 156 Å². The monoisotopic (exact) mass is 385 g/mol. The van der Waals surface area contributed by atoms with Gasteiger partial charge >= 0.3 is 14.5 Å². The number of hydrogen-bond donors (Lipinski definition) is 1. The summed E-state index contributed by atoms with van der Waals surface area (Å²) in [5, 5.41) is 12.9. The van der Waals surface area contributed by atoms with Gasteiger partial charge in [-0.3, -0.25) is 4.79 Å². The number of rotatable bonds is 2. The molecule has 2 aliphatic heterocycles. The van der Waals surface area contributed by atoms with Crippen molar-refractivity contribution in [3.05, 3.63) is 0 Å². The molecule has 7 nitrogen and oxygen atoms in total. The first-order valence-electron chi connectivity index (χ1n) is 9.34. The van der Waals surface area contributed by atoms with Gasteiger partial charge in [-0.05, 0) is 6.92 Å². The van der Waals surface area contributed by atoms with E-state index >= 15 is 0 Å². The van der Waals surface area contributed by atoms with Crippen LogP contribution in [-0.2, 0) is 23.1 Å². The summed E-state index contributed by atoms with van der Waals surface area (Å²) in [4.78, 5) is 12.2. The summed E-state index contributed by atoms with van der Waals surface area (Å²) in [6.45, 7) is 15.3. The van der Waals surface area contributed by atoms with Gasteiger partial charge in [0.1, 0.15) is 12.2 Å². The smallest absolute Gasteiger partial charge is 0.350 e. The van der Waals surface area contributed by atoms with Crippen LogP contribution in [0.4, 0.5) is 0 Å². The third kappa shape index (κ3) is 2.82. The van der Waals surface area contributed by atoms with Gasteiger partial charge in [-0.25, -0.2) is 0 Å². The lowest BCUT2D eigenvalue weighted by Gasteiger charge is -2.55. The topological polar surface area (TPSA) is 86.6 Å². The summed E-state index contributed by atoms with van der Waals surface area (Å²) in [5.74, 6) is -1.00. The van der Waals surface area contributed by atoms with Crippen molar-refractivity contribution < 1.29 is 28.3 Å². The zero-order chi connectivity index (χ0) is 19.5. The van der Waals surface area contributed by atoms with Crippen molar-refractivity contribution in [3.8, 4) is 0 Å². The second kappa shape index (κ2) is 6.29. The highest BCUT2D eigenvalue weighted by molar-refractivity contribution is 6.73. The average Bonchev–Trinajstić information content (AvgIpc) is 3.23. The number of hydrogen-bond acceptors (Lipinski definition) is 7. The van der Waals surface area contributed by atoms with Crippen molar-refractivity contribution in [1.82, 2.24) is 0 Å². The summed E-state index contributed by atoms with van der Waals surface area (Å²) >= 11 is 0. The Balaban J connectivity index is 1.90. The SMILES string of the molecule is CCOC(=O)[C@@H]1C2OC3CO[Si](C(C)(C)C)(C(C)(C)C)OC3/C(=N\O)C21. The van der Waals surface area contributed by atoms with Crippen molar-refractivity contribution in [3.63, 3.8) is 0 Å². The lowest BCUT2D eigenvalue weighted by atomic mass is 10.0. The maximum Gasteiger partial charge on any atom is 0.350 e. The fourth-order valence-corrected chi connectivity index (χ4v) is 9.61. The van der Waals surface area contributed by atoms with Gasteiger partial charge in [-0.1, -0.05) is 46.7 Å². The number of carbonyl (C=O) groups is 1. The summed E-state index contributed by atoms with van der Waals surface area (Å²) in [6.07, 6.45) is -1.17. The highest BCUT2D eigenvalue weighted by Gasteiger charge is 2.70. The van der Waals surface area contributed by atoms with E-state index in [2.05, 4.69) is 46.7 Å². The van der Waals surface area contributed by atoms with E-state index < -0.39 is 20.6 Å². The number of carbonyl (C=O) groups excluding carboxylic acids is 1.